The standard InChI is InChI=1S/C12H27NO2/c1-4-5-6-7-13-8-12(14)10-15-9-11(2)3/h11-14H,4-10H2,1-3H3. The Kier molecular flexibility index (Phi) is 10.3. The highest BCUT2D eigenvalue weighted by Crippen LogP contribution is 1.94. The second-order valence-corrected chi connectivity index (χ2v) is 4.50. The molecule has 0 radical (unpaired) electrons. The van der Waals surface area contributed by atoms with Gasteiger partial charge in [-0.25, -0.2) is 0 Å². The lowest BCUT2D eigenvalue weighted by Gasteiger charge is -2.13. The zero-order valence-electron chi connectivity index (χ0n) is 10.5. The maximum absolute atomic E-state index is 9.53. The quantitative estimate of drug-likeness (QED) is 0.548. The number of rotatable bonds is 10. The number of nitrogens with one attached hydrogen (secondary N) is 1. The van der Waals surface area contributed by atoms with Crippen molar-refractivity contribution in [3.8, 4) is 0 Å². The van der Waals surface area contributed by atoms with E-state index in [1.54, 1.807) is 0 Å². The smallest absolute Gasteiger partial charge is 0.0897 e. The van der Waals surface area contributed by atoms with Gasteiger partial charge in [-0.15, -0.1) is 0 Å². The molecular weight excluding hydrogens is 190 g/mol. The molecule has 0 aromatic heterocycles. The van der Waals surface area contributed by atoms with Crippen LogP contribution in [0, 0.1) is 5.92 Å². The van der Waals surface area contributed by atoms with Crippen LogP contribution in [0.15, 0.2) is 0 Å². The van der Waals surface area contributed by atoms with E-state index >= 15 is 0 Å². The molecule has 0 bridgehead atoms. The van der Waals surface area contributed by atoms with Gasteiger partial charge < -0.3 is 15.2 Å². The Morgan fingerprint density at radius 2 is 1.93 bits per heavy atom. The summed E-state index contributed by atoms with van der Waals surface area (Å²) in [4.78, 5) is 0. The molecule has 0 heterocycles. The Balaban J connectivity index is 3.15. The summed E-state index contributed by atoms with van der Waals surface area (Å²) in [5.41, 5.74) is 0. The van der Waals surface area contributed by atoms with E-state index in [-0.39, 0.29) is 6.10 Å². The van der Waals surface area contributed by atoms with Gasteiger partial charge in [0.15, 0.2) is 0 Å². The molecule has 15 heavy (non-hydrogen) atoms. The molecule has 0 saturated heterocycles. The van der Waals surface area contributed by atoms with Crippen molar-refractivity contribution in [2.45, 2.75) is 46.1 Å². The van der Waals surface area contributed by atoms with Crippen LogP contribution in [-0.4, -0.2) is 37.5 Å². The van der Waals surface area contributed by atoms with Crippen molar-refractivity contribution < 1.29 is 9.84 Å². The summed E-state index contributed by atoms with van der Waals surface area (Å²) in [5, 5.41) is 12.8. The summed E-state index contributed by atoms with van der Waals surface area (Å²) >= 11 is 0. The molecule has 92 valence electrons. The van der Waals surface area contributed by atoms with Crippen molar-refractivity contribution in [3.63, 3.8) is 0 Å². The number of hydrogen-bond donors (Lipinski definition) is 2. The maximum atomic E-state index is 9.53. The van der Waals surface area contributed by atoms with Crippen molar-refractivity contribution in [1.82, 2.24) is 5.32 Å². The topological polar surface area (TPSA) is 41.5 Å². The van der Waals surface area contributed by atoms with E-state index in [0.717, 1.165) is 13.2 Å². The highest BCUT2D eigenvalue weighted by atomic mass is 16.5. The Morgan fingerprint density at radius 1 is 1.20 bits per heavy atom. The Labute approximate surface area is 94.2 Å². The molecule has 0 saturated carbocycles. The van der Waals surface area contributed by atoms with Gasteiger partial charge >= 0.3 is 0 Å². The van der Waals surface area contributed by atoms with E-state index in [9.17, 15) is 5.11 Å². The van der Waals surface area contributed by atoms with Gasteiger partial charge in [-0.3, -0.25) is 0 Å². The molecule has 0 aliphatic rings. The zero-order chi connectivity index (χ0) is 11.5. The third kappa shape index (κ3) is 11.8. The number of aliphatic hydroxyl groups is 1. The highest BCUT2D eigenvalue weighted by molar-refractivity contribution is 4.58. The highest BCUT2D eigenvalue weighted by Gasteiger charge is 2.03. The van der Waals surface area contributed by atoms with Gasteiger partial charge in [-0.05, 0) is 18.9 Å². The molecular formula is C12H27NO2. The summed E-state index contributed by atoms with van der Waals surface area (Å²) in [6.45, 7) is 9.21. The number of hydrogen-bond acceptors (Lipinski definition) is 3. The molecule has 1 unspecified atom stereocenters. The molecule has 1 atom stereocenters. The molecule has 0 rings (SSSR count). The predicted molar refractivity (Wildman–Crippen MR) is 64.1 cm³/mol. The van der Waals surface area contributed by atoms with E-state index in [0.29, 0.717) is 19.1 Å². The summed E-state index contributed by atoms with van der Waals surface area (Å²) in [6.07, 6.45) is 3.32. The van der Waals surface area contributed by atoms with E-state index in [1.807, 2.05) is 0 Å². The first kappa shape index (κ1) is 14.9. The normalized spacial score (nSPS) is 13.4. The molecule has 2 N–H and O–H groups in total. The van der Waals surface area contributed by atoms with Crippen LogP contribution < -0.4 is 5.32 Å². The predicted octanol–water partition coefficient (Wildman–Crippen LogP) is 1.80. The molecule has 0 aromatic carbocycles. The van der Waals surface area contributed by atoms with Gasteiger partial charge in [-0.1, -0.05) is 33.6 Å². The van der Waals surface area contributed by atoms with Gasteiger partial charge in [0, 0.05) is 13.2 Å². The van der Waals surface area contributed by atoms with Gasteiger partial charge in [-0.2, -0.15) is 0 Å². The van der Waals surface area contributed by atoms with Gasteiger partial charge in [0.2, 0.25) is 0 Å². The molecule has 0 aromatic rings. The Bertz CT molecular complexity index is 129. The largest absolute Gasteiger partial charge is 0.389 e. The second-order valence-electron chi connectivity index (χ2n) is 4.50. The third-order valence-corrected chi connectivity index (χ3v) is 2.10. The monoisotopic (exact) mass is 217 g/mol. The lowest BCUT2D eigenvalue weighted by atomic mass is 10.2. The van der Waals surface area contributed by atoms with Crippen molar-refractivity contribution in [2.75, 3.05) is 26.3 Å². The fourth-order valence-corrected chi connectivity index (χ4v) is 1.27. The first-order valence-corrected chi connectivity index (χ1v) is 6.13. The summed E-state index contributed by atoms with van der Waals surface area (Å²) in [5.74, 6) is 0.537. The van der Waals surface area contributed by atoms with Crippen molar-refractivity contribution >= 4 is 0 Å². The first-order valence-electron chi connectivity index (χ1n) is 6.13. The fraction of sp³-hybridized carbons (Fsp3) is 1.00. The van der Waals surface area contributed by atoms with E-state index in [4.69, 9.17) is 4.74 Å². The van der Waals surface area contributed by atoms with E-state index < -0.39 is 0 Å². The van der Waals surface area contributed by atoms with Crippen LogP contribution >= 0.6 is 0 Å². The van der Waals surface area contributed by atoms with Crippen molar-refractivity contribution in [2.24, 2.45) is 5.92 Å². The lowest BCUT2D eigenvalue weighted by molar-refractivity contribution is 0.0262. The maximum Gasteiger partial charge on any atom is 0.0897 e. The molecule has 0 aliphatic carbocycles. The van der Waals surface area contributed by atoms with Gasteiger partial charge in [0.25, 0.3) is 0 Å². The average Bonchev–Trinajstić information content (AvgIpc) is 2.17. The first-order chi connectivity index (χ1) is 7.16. The Morgan fingerprint density at radius 3 is 2.53 bits per heavy atom. The van der Waals surface area contributed by atoms with Crippen LogP contribution in [0.3, 0.4) is 0 Å². The fourth-order valence-electron chi connectivity index (χ4n) is 1.27. The Hall–Kier alpha value is -0.120. The number of aliphatic hydroxyl groups excluding tert-OH is 1. The van der Waals surface area contributed by atoms with Gasteiger partial charge in [0.1, 0.15) is 0 Å². The summed E-state index contributed by atoms with van der Waals surface area (Å²) in [7, 11) is 0. The molecule has 0 fully saturated rings. The van der Waals surface area contributed by atoms with E-state index in [1.165, 1.54) is 19.3 Å². The minimum atomic E-state index is -0.370. The minimum Gasteiger partial charge on any atom is -0.389 e. The minimum absolute atomic E-state index is 0.370. The zero-order valence-corrected chi connectivity index (χ0v) is 10.5. The van der Waals surface area contributed by atoms with Crippen molar-refractivity contribution in [3.05, 3.63) is 0 Å². The van der Waals surface area contributed by atoms with Crippen LogP contribution in [0.25, 0.3) is 0 Å². The molecule has 0 spiro atoms. The van der Waals surface area contributed by atoms with Crippen LogP contribution in [0.5, 0.6) is 0 Å². The van der Waals surface area contributed by atoms with Crippen LogP contribution in [0.2, 0.25) is 0 Å². The molecule has 0 aliphatic heterocycles. The second kappa shape index (κ2) is 10.4. The number of unbranched alkanes of at least 4 members (excludes halogenated alkanes) is 2. The number of ether oxygens (including phenoxy) is 1. The van der Waals surface area contributed by atoms with Crippen LogP contribution in [0.1, 0.15) is 40.0 Å². The van der Waals surface area contributed by atoms with Gasteiger partial charge in [0.05, 0.1) is 12.7 Å². The van der Waals surface area contributed by atoms with Crippen molar-refractivity contribution in [1.29, 1.82) is 0 Å². The average molecular weight is 217 g/mol. The molecule has 0 amide bonds. The third-order valence-electron chi connectivity index (χ3n) is 2.10. The lowest BCUT2D eigenvalue weighted by Crippen LogP contribution is -2.31. The van der Waals surface area contributed by atoms with Crippen LogP contribution in [-0.2, 0) is 4.74 Å². The molecule has 3 heteroatoms. The SMILES string of the molecule is CCCCCNCC(O)COCC(C)C. The van der Waals surface area contributed by atoms with E-state index in [2.05, 4.69) is 26.1 Å². The van der Waals surface area contributed by atoms with Crippen LogP contribution in [0.4, 0.5) is 0 Å². The summed E-state index contributed by atoms with van der Waals surface area (Å²) in [6, 6.07) is 0. The summed E-state index contributed by atoms with van der Waals surface area (Å²) < 4.78 is 5.35. The molecule has 3 nitrogen and oxygen atoms in total.